The Hall–Kier alpha value is -1.32. The van der Waals surface area contributed by atoms with Gasteiger partial charge in [-0.1, -0.05) is 29.8 Å². The summed E-state index contributed by atoms with van der Waals surface area (Å²) in [6.45, 7) is 0.754. The molecule has 4 heteroatoms. The third-order valence-electron chi connectivity index (χ3n) is 4.22. The average Bonchev–Trinajstić information content (AvgIpc) is 2.98. The van der Waals surface area contributed by atoms with Crippen LogP contribution in [0.2, 0.25) is 5.02 Å². The maximum absolute atomic E-state index is 6.21. The van der Waals surface area contributed by atoms with Gasteiger partial charge in [-0.25, -0.2) is 0 Å². The second-order valence-corrected chi connectivity index (χ2v) is 5.92. The van der Waals surface area contributed by atoms with E-state index < -0.39 is 0 Å². The Bertz CT molecular complexity index is 620. The molecule has 0 aliphatic carbocycles. The summed E-state index contributed by atoms with van der Waals surface area (Å²) in [5.41, 5.74) is 3.79. The molecule has 98 valence electrons. The van der Waals surface area contributed by atoms with Gasteiger partial charge in [0.25, 0.3) is 0 Å². The molecule has 0 radical (unpaired) electrons. The van der Waals surface area contributed by atoms with Crippen molar-refractivity contribution in [2.24, 2.45) is 0 Å². The van der Waals surface area contributed by atoms with E-state index in [0.29, 0.717) is 12.1 Å². The summed E-state index contributed by atoms with van der Waals surface area (Å²) >= 11 is 6.21. The van der Waals surface area contributed by atoms with Gasteiger partial charge in [0.2, 0.25) is 0 Å². The fraction of sp³-hybridized carbons (Fsp3) is 0.400. The van der Waals surface area contributed by atoms with E-state index >= 15 is 0 Å². The molecular formula is C15H16ClN3. The zero-order chi connectivity index (χ0) is 12.8. The predicted octanol–water partition coefficient (Wildman–Crippen LogP) is 2.93. The van der Waals surface area contributed by atoms with E-state index in [1.165, 1.54) is 24.1 Å². The van der Waals surface area contributed by atoms with E-state index in [1.807, 2.05) is 22.9 Å². The molecule has 2 bridgehead atoms. The first-order valence-corrected chi connectivity index (χ1v) is 7.23. The molecule has 0 saturated carbocycles. The molecule has 3 nitrogen and oxygen atoms in total. The Balaban J connectivity index is 1.64. The van der Waals surface area contributed by atoms with Gasteiger partial charge in [0.05, 0.1) is 12.2 Å². The Kier molecular flexibility index (Phi) is 2.64. The molecule has 2 aliphatic rings. The lowest BCUT2D eigenvalue weighted by Gasteiger charge is -2.19. The van der Waals surface area contributed by atoms with Crippen molar-refractivity contribution in [3.63, 3.8) is 0 Å². The van der Waals surface area contributed by atoms with Crippen molar-refractivity contribution in [2.45, 2.75) is 37.9 Å². The summed E-state index contributed by atoms with van der Waals surface area (Å²) in [6, 6.07) is 9.14. The Morgan fingerprint density at radius 2 is 2.21 bits per heavy atom. The van der Waals surface area contributed by atoms with E-state index in [9.17, 15) is 0 Å². The molecule has 3 heterocycles. The first kappa shape index (κ1) is 11.5. The average molecular weight is 274 g/mol. The van der Waals surface area contributed by atoms with Gasteiger partial charge in [-0.05, 0) is 24.5 Å². The standard InChI is InChI=1S/C15H16ClN3/c16-13-4-2-1-3-10(13)8-19-9-12-14-6-5-11(17-14)7-15(12)18-19/h1-4,9,11,14,17H,5-8H2/t11-,14+/m1/s1. The van der Waals surface area contributed by atoms with Gasteiger partial charge in [0.1, 0.15) is 0 Å². The summed E-state index contributed by atoms with van der Waals surface area (Å²) < 4.78 is 2.04. The fourth-order valence-electron chi connectivity index (χ4n) is 3.27. The van der Waals surface area contributed by atoms with Crippen LogP contribution in [0, 0.1) is 0 Å². The lowest BCUT2D eigenvalue weighted by Crippen LogP contribution is -2.31. The van der Waals surface area contributed by atoms with Crippen LogP contribution in [0.5, 0.6) is 0 Å². The number of rotatable bonds is 2. The molecule has 19 heavy (non-hydrogen) atoms. The molecular weight excluding hydrogens is 258 g/mol. The Labute approximate surface area is 117 Å². The molecule has 2 aliphatic heterocycles. The zero-order valence-corrected chi connectivity index (χ0v) is 11.4. The van der Waals surface area contributed by atoms with Gasteiger partial charge in [-0.2, -0.15) is 5.10 Å². The topological polar surface area (TPSA) is 29.9 Å². The highest BCUT2D eigenvalue weighted by Gasteiger charge is 2.34. The van der Waals surface area contributed by atoms with Gasteiger partial charge in [0.15, 0.2) is 0 Å². The predicted molar refractivity (Wildman–Crippen MR) is 75.4 cm³/mol. The molecule has 2 atom stereocenters. The van der Waals surface area contributed by atoms with Crippen molar-refractivity contribution in [1.82, 2.24) is 15.1 Å². The highest BCUT2D eigenvalue weighted by molar-refractivity contribution is 6.31. The molecule has 1 aromatic heterocycles. The molecule has 0 unspecified atom stereocenters. The largest absolute Gasteiger partial charge is 0.307 e. The van der Waals surface area contributed by atoms with Crippen LogP contribution in [-0.2, 0) is 13.0 Å². The number of hydrogen-bond donors (Lipinski definition) is 1. The van der Waals surface area contributed by atoms with Crippen LogP contribution in [0.1, 0.15) is 35.7 Å². The number of fused-ring (bicyclic) bond motifs is 4. The van der Waals surface area contributed by atoms with Crippen LogP contribution in [0.25, 0.3) is 0 Å². The summed E-state index contributed by atoms with van der Waals surface area (Å²) in [5, 5.41) is 9.22. The van der Waals surface area contributed by atoms with Crippen molar-refractivity contribution in [3.8, 4) is 0 Å². The van der Waals surface area contributed by atoms with Crippen molar-refractivity contribution in [3.05, 3.63) is 52.3 Å². The molecule has 1 aromatic carbocycles. The molecule has 1 fully saturated rings. The lowest BCUT2D eigenvalue weighted by molar-refractivity contribution is 0.509. The smallest absolute Gasteiger partial charge is 0.0688 e. The van der Waals surface area contributed by atoms with Crippen LogP contribution >= 0.6 is 11.6 Å². The number of nitrogens with zero attached hydrogens (tertiary/aromatic N) is 2. The van der Waals surface area contributed by atoms with Crippen LogP contribution in [0.3, 0.4) is 0 Å². The van der Waals surface area contributed by atoms with Gasteiger partial charge in [-0.15, -0.1) is 0 Å². The van der Waals surface area contributed by atoms with E-state index in [-0.39, 0.29) is 0 Å². The third kappa shape index (κ3) is 1.97. The molecule has 0 amide bonds. The van der Waals surface area contributed by atoms with Crippen molar-refractivity contribution >= 4 is 11.6 Å². The second-order valence-electron chi connectivity index (χ2n) is 5.52. The molecule has 0 spiro atoms. The van der Waals surface area contributed by atoms with E-state index in [4.69, 9.17) is 16.7 Å². The number of hydrogen-bond acceptors (Lipinski definition) is 2. The Morgan fingerprint density at radius 3 is 3.11 bits per heavy atom. The number of nitrogens with one attached hydrogen (secondary N) is 1. The van der Waals surface area contributed by atoms with Gasteiger partial charge in [-0.3, -0.25) is 4.68 Å². The van der Waals surface area contributed by atoms with E-state index in [0.717, 1.165) is 23.6 Å². The van der Waals surface area contributed by atoms with E-state index in [2.05, 4.69) is 17.6 Å². The normalized spacial score (nSPS) is 24.5. The molecule has 2 aromatic rings. The van der Waals surface area contributed by atoms with Crippen molar-refractivity contribution < 1.29 is 0 Å². The van der Waals surface area contributed by atoms with Crippen LogP contribution in [0.15, 0.2) is 30.5 Å². The maximum Gasteiger partial charge on any atom is 0.0688 e. The minimum absolute atomic E-state index is 0.522. The van der Waals surface area contributed by atoms with Gasteiger partial charge >= 0.3 is 0 Å². The molecule has 1 saturated heterocycles. The van der Waals surface area contributed by atoms with Crippen molar-refractivity contribution in [2.75, 3.05) is 0 Å². The zero-order valence-electron chi connectivity index (χ0n) is 10.6. The number of aromatic nitrogens is 2. The van der Waals surface area contributed by atoms with Gasteiger partial charge < -0.3 is 5.32 Å². The second kappa shape index (κ2) is 4.36. The highest BCUT2D eigenvalue weighted by Crippen LogP contribution is 2.35. The molecule has 1 N–H and O–H groups in total. The Morgan fingerprint density at radius 1 is 1.32 bits per heavy atom. The van der Waals surface area contributed by atoms with E-state index in [1.54, 1.807) is 0 Å². The third-order valence-corrected chi connectivity index (χ3v) is 4.59. The van der Waals surface area contributed by atoms with Crippen LogP contribution < -0.4 is 5.32 Å². The summed E-state index contributed by atoms with van der Waals surface area (Å²) in [6.07, 6.45) is 5.79. The fourth-order valence-corrected chi connectivity index (χ4v) is 3.46. The summed E-state index contributed by atoms with van der Waals surface area (Å²) in [7, 11) is 0. The SMILES string of the molecule is Clc1ccccc1Cn1cc2c(n1)C[C@H]1CC[C@@H]2N1. The van der Waals surface area contributed by atoms with Crippen molar-refractivity contribution in [1.29, 1.82) is 0 Å². The van der Waals surface area contributed by atoms with Crippen LogP contribution in [-0.4, -0.2) is 15.8 Å². The first-order valence-electron chi connectivity index (χ1n) is 6.85. The monoisotopic (exact) mass is 273 g/mol. The lowest BCUT2D eigenvalue weighted by atomic mass is 10.0. The number of halogens is 1. The molecule has 4 rings (SSSR count). The maximum atomic E-state index is 6.21. The minimum atomic E-state index is 0.522. The minimum Gasteiger partial charge on any atom is -0.307 e. The number of benzene rings is 1. The summed E-state index contributed by atoms with van der Waals surface area (Å²) in [4.78, 5) is 0. The quantitative estimate of drug-likeness (QED) is 0.912. The van der Waals surface area contributed by atoms with Crippen LogP contribution in [0.4, 0.5) is 0 Å². The highest BCUT2D eigenvalue weighted by atomic mass is 35.5. The van der Waals surface area contributed by atoms with Gasteiger partial charge in [0, 0.05) is 35.3 Å². The summed E-state index contributed by atoms with van der Waals surface area (Å²) in [5.74, 6) is 0. The first-order chi connectivity index (χ1) is 9.29.